The summed E-state index contributed by atoms with van der Waals surface area (Å²) in [5, 5.41) is 0. The van der Waals surface area contributed by atoms with Crippen LogP contribution in [0.1, 0.15) is 53.9 Å². The molecular weight excluding hydrogens is 216 g/mol. The number of ether oxygens (including phenoxy) is 2. The van der Waals surface area contributed by atoms with Crippen molar-refractivity contribution in [2.24, 2.45) is 11.8 Å². The average molecular weight is 244 g/mol. The third-order valence-electron chi connectivity index (χ3n) is 2.54. The topological polar surface area (TPSA) is 35.5 Å². The van der Waals surface area contributed by atoms with Crippen molar-refractivity contribution in [3.8, 4) is 0 Å². The van der Waals surface area contributed by atoms with Gasteiger partial charge in [-0.1, -0.05) is 26.7 Å². The van der Waals surface area contributed by atoms with E-state index in [2.05, 4.69) is 13.8 Å². The van der Waals surface area contributed by atoms with Crippen LogP contribution in [0.5, 0.6) is 0 Å². The van der Waals surface area contributed by atoms with Crippen LogP contribution in [0.4, 0.5) is 0 Å². The van der Waals surface area contributed by atoms with Gasteiger partial charge in [0.1, 0.15) is 0 Å². The number of carbonyl (C=O) groups excluding carboxylic acids is 1. The van der Waals surface area contributed by atoms with Crippen LogP contribution in [0, 0.1) is 11.8 Å². The van der Waals surface area contributed by atoms with Gasteiger partial charge in [-0.3, -0.25) is 4.79 Å². The second kappa shape index (κ2) is 9.46. The molecule has 0 saturated heterocycles. The highest BCUT2D eigenvalue weighted by Gasteiger charge is 2.20. The van der Waals surface area contributed by atoms with Crippen molar-refractivity contribution < 1.29 is 14.3 Å². The minimum absolute atomic E-state index is 0.0447. The first-order valence-corrected chi connectivity index (χ1v) is 6.75. The zero-order valence-electron chi connectivity index (χ0n) is 12.0. The number of esters is 1. The standard InChI is InChI=1S/C14H28O3/c1-6-16-10-13(9-7-8-11(2)3)14(15)17-12(4)5/h11-13H,6-10H2,1-5H3. The summed E-state index contributed by atoms with van der Waals surface area (Å²) >= 11 is 0. The van der Waals surface area contributed by atoms with Crippen molar-refractivity contribution in [1.82, 2.24) is 0 Å². The first kappa shape index (κ1) is 16.4. The van der Waals surface area contributed by atoms with Crippen LogP contribution < -0.4 is 0 Å². The fourth-order valence-corrected chi connectivity index (χ4v) is 1.63. The normalized spacial score (nSPS) is 13.1. The zero-order chi connectivity index (χ0) is 13.3. The van der Waals surface area contributed by atoms with Crippen molar-refractivity contribution in [2.45, 2.75) is 60.0 Å². The molecule has 0 aliphatic rings. The van der Waals surface area contributed by atoms with Crippen LogP contribution in [0.2, 0.25) is 0 Å². The molecule has 0 aliphatic heterocycles. The predicted molar refractivity (Wildman–Crippen MR) is 69.9 cm³/mol. The van der Waals surface area contributed by atoms with Crippen LogP contribution in [-0.4, -0.2) is 25.3 Å². The predicted octanol–water partition coefficient (Wildman–Crippen LogP) is 3.42. The monoisotopic (exact) mass is 244 g/mol. The first-order valence-electron chi connectivity index (χ1n) is 6.75. The van der Waals surface area contributed by atoms with Crippen LogP contribution in [0.25, 0.3) is 0 Å². The molecule has 0 spiro atoms. The van der Waals surface area contributed by atoms with E-state index in [4.69, 9.17) is 9.47 Å². The minimum atomic E-state index is -0.114. The average Bonchev–Trinajstić information content (AvgIpc) is 2.21. The molecule has 0 rings (SSSR count). The maximum atomic E-state index is 11.8. The molecule has 0 amide bonds. The Kier molecular flexibility index (Phi) is 9.14. The van der Waals surface area contributed by atoms with E-state index >= 15 is 0 Å². The largest absolute Gasteiger partial charge is 0.463 e. The summed E-state index contributed by atoms with van der Waals surface area (Å²) in [5.74, 6) is 0.470. The SMILES string of the molecule is CCOCC(CCCC(C)C)C(=O)OC(C)C. The Bertz CT molecular complexity index is 200. The Morgan fingerprint density at radius 2 is 1.76 bits per heavy atom. The number of hydrogen-bond donors (Lipinski definition) is 0. The lowest BCUT2D eigenvalue weighted by molar-refractivity contribution is -0.154. The van der Waals surface area contributed by atoms with E-state index in [1.54, 1.807) is 0 Å². The Morgan fingerprint density at radius 3 is 2.24 bits per heavy atom. The van der Waals surface area contributed by atoms with Crippen molar-refractivity contribution in [3.63, 3.8) is 0 Å². The molecule has 0 heterocycles. The molecule has 1 unspecified atom stereocenters. The molecule has 3 heteroatoms. The molecular formula is C14H28O3. The molecule has 0 aromatic rings. The molecule has 0 bridgehead atoms. The Hall–Kier alpha value is -0.570. The molecule has 0 aromatic heterocycles. The highest BCUT2D eigenvalue weighted by atomic mass is 16.5. The summed E-state index contributed by atoms with van der Waals surface area (Å²) in [6, 6.07) is 0. The lowest BCUT2D eigenvalue weighted by Gasteiger charge is -2.18. The van der Waals surface area contributed by atoms with Crippen molar-refractivity contribution in [3.05, 3.63) is 0 Å². The third-order valence-corrected chi connectivity index (χ3v) is 2.54. The van der Waals surface area contributed by atoms with E-state index in [0.29, 0.717) is 19.1 Å². The van der Waals surface area contributed by atoms with Crippen molar-refractivity contribution in [1.29, 1.82) is 0 Å². The van der Waals surface area contributed by atoms with E-state index in [0.717, 1.165) is 19.3 Å². The Balaban J connectivity index is 4.07. The summed E-state index contributed by atoms with van der Waals surface area (Å²) in [6.45, 7) is 11.2. The molecule has 1 atom stereocenters. The van der Waals surface area contributed by atoms with E-state index in [-0.39, 0.29) is 18.0 Å². The fraction of sp³-hybridized carbons (Fsp3) is 0.929. The second-order valence-electron chi connectivity index (χ2n) is 5.17. The summed E-state index contributed by atoms with van der Waals surface area (Å²) in [5.41, 5.74) is 0. The summed E-state index contributed by atoms with van der Waals surface area (Å²) in [7, 11) is 0. The number of rotatable bonds is 9. The minimum Gasteiger partial charge on any atom is -0.463 e. The van der Waals surface area contributed by atoms with Crippen LogP contribution >= 0.6 is 0 Å². The zero-order valence-corrected chi connectivity index (χ0v) is 12.0. The Labute approximate surface area is 106 Å². The van der Waals surface area contributed by atoms with Gasteiger partial charge in [-0.15, -0.1) is 0 Å². The van der Waals surface area contributed by atoms with Gasteiger partial charge in [0.15, 0.2) is 0 Å². The maximum Gasteiger partial charge on any atom is 0.311 e. The van der Waals surface area contributed by atoms with Crippen LogP contribution in [0.3, 0.4) is 0 Å². The number of hydrogen-bond acceptors (Lipinski definition) is 3. The van der Waals surface area contributed by atoms with Gasteiger partial charge in [0.05, 0.1) is 18.6 Å². The second-order valence-corrected chi connectivity index (χ2v) is 5.17. The van der Waals surface area contributed by atoms with E-state index < -0.39 is 0 Å². The molecule has 0 aliphatic carbocycles. The highest BCUT2D eigenvalue weighted by molar-refractivity contribution is 5.72. The van der Waals surface area contributed by atoms with Gasteiger partial charge in [-0.2, -0.15) is 0 Å². The third kappa shape index (κ3) is 9.16. The first-order chi connectivity index (χ1) is 7.97. The van der Waals surface area contributed by atoms with Gasteiger partial charge in [0, 0.05) is 6.61 Å². The summed E-state index contributed by atoms with van der Waals surface area (Å²) in [4.78, 5) is 11.8. The van der Waals surface area contributed by atoms with Gasteiger partial charge < -0.3 is 9.47 Å². The van der Waals surface area contributed by atoms with Crippen LogP contribution in [0.15, 0.2) is 0 Å². The molecule has 0 fully saturated rings. The summed E-state index contributed by atoms with van der Waals surface area (Å²) in [6.07, 6.45) is 3.03. The van der Waals surface area contributed by atoms with Gasteiger partial charge in [0.25, 0.3) is 0 Å². The van der Waals surface area contributed by atoms with Gasteiger partial charge in [0.2, 0.25) is 0 Å². The summed E-state index contributed by atoms with van der Waals surface area (Å²) < 4.78 is 10.6. The van der Waals surface area contributed by atoms with Gasteiger partial charge in [-0.25, -0.2) is 0 Å². The highest BCUT2D eigenvalue weighted by Crippen LogP contribution is 2.15. The van der Waals surface area contributed by atoms with Crippen molar-refractivity contribution in [2.75, 3.05) is 13.2 Å². The molecule has 0 N–H and O–H groups in total. The smallest absolute Gasteiger partial charge is 0.311 e. The van der Waals surface area contributed by atoms with E-state index in [9.17, 15) is 4.79 Å². The van der Waals surface area contributed by atoms with E-state index in [1.165, 1.54) is 0 Å². The maximum absolute atomic E-state index is 11.8. The molecule has 17 heavy (non-hydrogen) atoms. The molecule has 0 aromatic carbocycles. The number of carbonyl (C=O) groups is 1. The molecule has 102 valence electrons. The molecule has 0 radical (unpaired) electrons. The van der Waals surface area contributed by atoms with Gasteiger partial charge >= 0.3 is 5.97 Å². The quantitative estimate of drug-likeness (QED) is 0.583. The van der Waals surface area contributed by atoms with E-state index in [1.807, 2.05) is 20.8 Å². The molecule has 3 nitrogen and oxygen atoms in total. The van der Waals surface area contributed by atoms with Crippen LogP contribution in [-0.2, 0) is 14.3 Å². The molecule has 0 saturated carbocycles. The Morgan fingerprint density at radius 1 is 1.12 bits per heavy atom. The fourth-order valence-electron chi connectivity index (χ4n) is 1.63. The van der Waals surface area contributed by atoms with Crippen molar-refractivity contribution >= 4 is 5.97 Å². The van der Waals surface area contributed by atoms with Gasteiger partial charge in [-0.05, 0) is 33.1 Å². The lowest BCUT2D eigenvalue weighted by atomic mass is 9.99. The lowest BCUT2D eigenvalue weighted by Crippen LogP contribution is -2.25.